The van der Waals surface area contributed by atoms with Crippen LogP contribution in [-0.4, -0.2) is 28.6 Å². The Bertz CT molecular complexity index is 627. The number of aromatic nitrogens is 1. The number of nitrogens with zero attached hydrogens (tertiary/aromatic N) is 2. The molecular formula is C16H19ClN2S. The zero-order valence-electron chi connectivity index (χ0n) is 11.9. The van der Waals surface area contributed by atoms with Crippen LogP contribution < -0.4 is 4.90 Å². The molecule has 106 valence electrons. The van der Waals surface area contributed by atoms with Crippen molar-refractivity contribution < 1.29 is 0 Å². The van der Waals surface area contributed by atoms with Crippen LogP contribution in [0.2, 0.25) is 0 Å². The molecule has 1 aromatic carbocycles. The van der Waals surface area contributed by atoms with Crippen LogP contribution in [0.5, 0.6) is 0 Å². The Hall–Kier alpha value is -0.930. The number of benzene rings is 1. The lowest BCUT2D eigenvalue weighted by atomic mass is 10.1. The summed E-state index contributed by atoms with van der Waals surface area (Å²) in [5.74, 6) is 2.76. The number of rotatable bonds is 2. The molecule has 0 radical (unpaired) electrons. The van der Waals surface area contributed by atoms with Crippen LogP contribution in [-0.2, 0) is 5.88 Å². The molecule has 1 saturated heterocycles. The molecule has 0 aliphatic carbocycles. The molecule has 1 aliphatic rings. The minimum absolute atomic E-state index is 0.284. The molecule has 4 heteroatoms. The van der Waals surface area contributed by atoms with E-state index in [9.17, 15) is 0 Å². The number of hydrogen-bond acceptors (Lipinski definition) is 3. The molecule has 1 aliphatic heterocycles. The molecule has 20 heavy (non-hydrogen) atoms. The standard InChI is InChI=1S/C16H19ClN2S/c1-16(2)11-19(7-8-20-16)15-14-6-4-3-5-13(14)12(9-17)10-18-15/h3-6,10H,7-9,11H2,1-2H3. The lowest BCUT2D eigenvalue weighted by Crippen LogP contribution is -2.43. The van der Waals surface area contributed by atoms with Gasteiger partial charge < -0.3 is 4.90 Å². The highest BCUT2D eigenvalue weighted by Crippen LogP contribution is 2.35. The third-order valence-corrected chi connectivity index (χ3v) is 5.31. The molecular weight excluding hydrogens is 288 g/mol. The smallest absolute Gasteiger partial charge is 0.136 e. The maximum atomic E-state index is 6.03. The van der Waals surface area contributed by atoms with Crippen molar-refractivity contribution >= 4 is 40.0 Å². The largest absolute Gasteiger partial charge is 0.354 e. The molecule has 3 rings (SSSR count). The van der Waals surface area contributed by atoms with Crippen LogP contribution in [0.15, 0.2) is 30.5 Å². The van der Waals surface area contributed by atoms with E-state index in [1.54, 1.807) is 0 Å². The Kier molecular flexibility index (Phi) is 3.83. The van der Waals surface area contributed by atoms with E-state index in [-0.39, 0.29) is 4.75 Å². The minimum Gasteiger partial charge on any atom is -0.354 e. The average molecular weight is 307 g/mol. The Morgan fingerprint density at radius 2 is 2.05 bits per heavy atom. The average Bonchev–Trinajstić information content (AvgIpc) is 2.45. The van der Waals surface area contributed by atoms with E-state index in [4.69, 9.17) is 16.6 Å². The number of thioether (sulfide) groups is 1. The number of fused-ring (bicyclic) bond motifs is 1. The molecule has 1 aromatic heterocycles. The van der Waals surface area contributed by atoms with Gasteiger partial charge in [-0.1, -0.05) is 24.3 Å². The van der Waals surface area contributed by atoms with Crippen molar-refractivity contribution in [3.05, 3.63) is 36.0 Å². The molecule has 2 heterocycles. The highest BCUT2D eigenvalue weighted by Gasteiger charge is 2.28. The van der Waals surface area contributed by atoms with Gasteiger partial charge in [0.15, 0.2) is 0 Å². The van der Waals surface area contributed by atoms with Gasteiger partial charge in [-0.2, -0.15) is 11.8 Å². The van der Waals surface area contributed by atoms with Crippen molar-refractivity contribution in [2.45, 2.75) is 24.5 Å². The Morgan fingerprint density at radius 1 is 1.30 bits per heavy atom. The second-order valence-corrected chi connectivity index (χ2v) is 7.89. The van der Waals surface area contributed by atoms with Gasteiger partial charge in [0, 0.05) is 41.1 Å². The summed E-state index contributed by atoms with van der Waals surface area (Å²) in [7, 11) is 0. The topological polar surface area (TPSA) is 16.1 Å². The molecule has 0 N–H and O–H groups in total. The summed E-state index contributed by atoms with van der Waals surface area (Å²) >= 11 is 8.07. The second kappa shape index (κ2) is 5.45. The van der Waals surface area contributed by atoms with Gasteiger partial charge in [0.1, 0.15) is 5.82 Å². The Morgan fingerprint density at radius 3 is 2.75 bits per heavy atom. The molecule has 1 fully saturated rings. The lowest BCUT2D eigenvalue weighted by Gasteiger charge is -2.38. The lowest BCUT2D eigenvalue weighted by molar-refractivity contribution is 0.644. The van der Waals surface area contributed by atoms with E-state index in [2.05, 4.69) is 43.0 Å². The molecule has 0 amide bonds. The number of halogens is 1. The van der Waals surface area contributed by atoms with Gasteiger partial charge in [0.25, 0.3) is 0 Å². The quantitative estimate of drug-likeness (QED) is 0.769. The first-order valence-electron chi connectivity index (χ1n) is 6.92. The maximum Gasteiger partial charge on any atom is 0.136 e. The summed E-state index contributed by atoms with van der Waals surface area (Å²) in [6.45, 7) is 6.71. The van der Waals surface area contributed by atoms with Crippen molar-refractivity contribution in [1.29, 1.82) is 0 Å². The fourth-order valence-electron chi connectivity index (χ4n) is 2.79. The summed E-state index contributed by atoms with van der Waals surface area (Å²) in [5.41, 5.74) is 1.11. The molecule has 0 saturated carbocycles. The highest BCUT2D eigenvalue weighted by molar-refractivity contribution is 8.00. The van der Waals surface area contributed by atoms with Gasteiger partial charge in [-0.3, -0.25) is 0 Å². The van der Waals surface area contributed by atoms with E-state index in [0.717, 1.165) is 30.2 Å². The number of hydrogen-bond donors (Lipinski definition) is 0. The maximum absolute atomic E-state index is 6.03. The number of pyridine rings is 1. The minimum atomic E-state index is 0.284. The zero-order valence-corrected chi connectivity index (χ0v) is 13.5. The van der Waals surface area contributed by atoms with Gasteiger partial charge in [-0.05, 0) is 24.8 Å². The van der Waals surface area contributed by atoms with Crippen LogP contribution in [0.1, 0.15) is 19.4 Å². The fourth-order valence-corrected chi connectivity index (χ4v) is 4.12. The SMILES string of the molecule is CC1(C)CN(c2ncc(CCl)c3ccccc23)CCS1. The van der Waals surface area contributed by atoms with Crippen molar-refractivity contribution in [3.63, 3.8) is 0 Å². The van der Waals surface area contributed by atoms with E-state index < -0.39 is 0 Å². The van der Waals surface area contributed by atoms with Crippen LogP contribution in [0.3, 0.4) is 0 Å². The van der Waals surface area contributed by atoms with Crippen LogP contribution in [0.4, 0.5) is 5.82 Å². The number of alkyl halides is 1. The first kappa shape index (κ1) is 14.0. The summed E-state index contributed by atoms with van der Waals surface area (Å²) < 4.78 is 0.284. The molecule has 0 atom stereocenters. The Labute approximate surface area is 129 Å². The van der Waals surface area contributed by atoms with E-state index in [1.807, 2.05) is 18.0 Å². The van der Waals surface area contributed by atoms with Gasteiger partial charge >= 0.3 is 0 Å². The summed E-state index contributed by atoms with van der Waals surface area (Å²) in [5, 5.41) is 2.44. The van der Waals surface area contributed by atoms with Crippen LogP contribution >= 0.6 is 23.4 Å². The van der Waals surface area contributed by atoms with Crippen LogP contribution in [0.25, 0.3) is 10.8 Å². The molecule has 0 unspecified atom stereocenters. The summed E-state index contributed by atoms with van der Waals surface area (Å²) in [6, 6.07) is 8.44. The van der Waals surface area contributed by atoms with Gasteiger partial charge in [-0.15, -0.1) is 11.6 Å². The van der Waals surface area contributed by atoms with Crippen molar-refractivity contribution in [1.82, 2.24) is 4.98 Å². The summed E-state index contributed by atoms with van der Waals surface area (Å²) in [4.78, 5) is 7.11. The zero-order chi connectivity index (χ0) is 14.2. The third kappa shape index (κ3) is 2.61. The van der Waals surface area contributed by atoms with Crippen LogP contribution in [0, 0.1) is 0 Å². The predicted octanol–water partition coefficient (Wildman–Crippen LogP) is 4.31. The van der Waals surface area contributed by atoms with E-state index >= 15 is 0 Å². The van der Waals surface area contributed by atoms with Crippen molar-refractivity contribution in [2.75, 3.05) is 23.7 Å². The normalized spacial score (nSPS) is 18.4. The predicted molar refractivity (Wildman–Crippen MR) is 90.1 cm³/mol. The van der Waals surface area contributed by atoms with E-state index in [1.165, 1.54) is 10.8 Å². The molecule has 2 nitrogen and oxygen atoms in total. The fraction of sp³-hybridized carbons (Fsp3) is 0.438. The molecule has 0 spiro atoms. The number of anilines is 1. The van der Waals surface area contributed by atoms with Crippen molar-refractivity contribution in [2.24, 2.45) is 0 Å². The Balaban J connectivity index is 2.08. The highest BCUT2D eigenvalue weighted by atomic mass is 35.5. The van der Waals surface area contributed by atoms with Gasteiger partial charge in [-0.25, -0.2) is 4.98 Å². The van der Waals surface area contributed by atoms with Gasteiger partial charge in [0.2, 0.25) is 0 Å². The third-order valence-electron chi connectivity index (χ3n) is 3.73. The monoisotopic (exact) mass is 306 g/mol. The first-order valence-corrected chi connectivity index (χ1v) is 8.44. The van der Waals surface area contributed by atoms with E-state index in [0.29, 0.717) is 5.88 Å². The molecule has 0 bridgehead atoms. The second-order valence-electron chi connectivity index (χ2n) is 5.82. The summed E-state index contributed by atoms with van der Waals surface area (Å²) in [6.07, 6.45) is 1.93. The first-order chi connectivity index (χ1) is 9.61. The van der Waals surface area contributed by atoms with Crippen molar-refractivity contribution in [3.8, 4) is 0 Å². The van der Waals surface area contributed by atoms with Gasteiger partial charge in [0.05, 0.1) is 0 Å². The molecule has 2 aromatic rings.